The summed E-state index contributed by atoms with van der Waals surface area (Å²) in [7, 11) is 0. The summed E-state index contributed by atoms with van der Waals surface area (Å²) in [6, 6.07) is 6.85. The number of anilines is 1. The molecular weight excluding hydrogens is 268 g/mol. The van der Waals surface area contributed by atoms with Gasteiger partial charge in [0, 0.05) is 0 Å². The number of ether oxygens (including phenoxy) is 1. The van der Waals surface area contributed by atoms with Crippen molar-refractivity contribution >= 4 is 17.6 Å². The van der Waals surface area contributed by atoms with Gasteiger partial charge in [-0.05, 0) is 32.0 Å². The third-order valence-corrected chi connectivity index (χ3v) is 2.94. The third kappa shape index (κ3) is 6.40. The third-order valence-electron chi connectivity index (χ3n) is 2.94. The molecule has 0 fully saturated rings. The summed E-state index contributed by atoms with van der Waals surface area (Å²) in [5.74, 6) is -0.590. The van der Waals surface area contributed by atoms with Crippen molar-refractivity contribution in [1.29, 1.82) is 0 Å². The zero-order valence-corrected chi connectivity index (χ0v) is 12.8. The highest BCUT2D eigenvalue weighted by molar-refractivity contribution is 6.01. The number of hydrogen-bond donors (Lipinski definition) is 2. The average molecular weight is 292 g/mol. The van der Waals surface area contributed by atoms with E-state index < -0.39 is 5.97 Å². The van der Waals surface area contributed by atoms with Crippen molar-refractivity contribution in [3.63, 3.8) is 0 Å². The van der Waals surface area contributed by atoms with Gasteiger partial charge in [-0.1, -0.05) is 31.9 Å². The number of amides is 1. The molecule has 5 heteroatoms. The molecule has 0 bridgehead atoms. The first-order valence-electron chi connectivity index (χ1n) is 7.45. The van der Waals surface area contributed by atoms with Crippen molar-refractivity contribution in [3.8, 4) is 0 Å². The SMILES string of the molecule is CCCCCNCC(=O)Nc1ccccc1C(=O)OCC. The molecule has 0 aromatic heterocycles. The molecule has 0 radical (unpaired) electrons. The minimum absolute atomic E-state index is 0.164. The normalized spacial score (nSPS) is 10.2. The number of nitrogens with one attached hydrogen (secondary N) is 2. The predicted molar refractivity (Wildman–Crippen MR) is 83.4 cm³/mol. The molecule has 0 atom stereocenters. The van der Waals surface area contributed by atoms with Gasteiger partial charge in [-0.2, -0.15) is 0 Å². The summed E-state index contributed by atoms with van der Waals surface area (Å²) in [6.07, 6.45) is 3.37. The number of para-hydroxylation sites is 1. The second kappa shape index (κ2) is 9.94. The van der Waals surface area contributed by atoms with Crippen molar-refractivity contribution in [3.05, 3.63) is 29.8 Å². The highest BCUT2D eigenvalue weighted by Gasteiger charge is 2.13. The minimum Gasteiger partial charge on any atom is -0.462 e. The summed E-state index contributed by atoms with van der Waals surface area (Å²) >= 11 is 0. The molecule has 0 spiro atoms. The van der Waals surface area contributed by atoms with Crippen molar-refractivity contribution < 1.29 is 14.3 Å². The van der Waals surface area contributed by atoms with E-state index in [1.54, 1.807) is 31.2 Å². The fraction of sp³-hybridized carbons (Fsp3) is 0.500. The lowest BCUT2D eigenvalue weighted by atomic mass is 10.2. The van der Waals surface area contributed by atoms with Gasteiger partial charge in [0.25, 0.3) is 0 Å². The van der Waals surface area contributed by atoms with Crippen molar-refractivity contribution in [1.82, 2.24) is 5.32 Å². The van der Waals surface area contributed by atoms with Crippen LogP contribution in [0.4, 0.5) is 5.69 Å². The van der Waals surface area contributed by atoms with E-state index >= 15 is 0 Å². The van der Waals surface area contributed by atoms with Gasteiger partial charge in [0.2, 0.25) is 5.91 Å². The first-order valence-corrected chi connectivity index (χ1v) is 7.45. The number of carbonyl (C=O) groups excluding carboxylic acids is 2. The van der Waals surface area contributed by atoms with Gasteiger partial charge in [0.15, 0.2) is 0 Å². The van der Waals surface area contributed by atoms with Gasteiger partial charge >= 0.3 is 5.97 Å². The van der Waals surface area contributed by atoms with Gasteiger partial charge in [-0.3, -0.25) is 4.79 Å². The van der Waals surface area contributed by atoms with Gasteiger partial charge in [0.05, 0.1) is 24.4 Å². The Bertz CT molecular complexity index is 461. The molecule has 0 aliphatic rings. The molecule has 1 amide bonds. The Morgan fingerprint density at radius 1 is 1.14 bits per heavy atom. The van der Waals surface area contributed by atoms with E-state index in [1.807, 2.05) is 0 Å². The van der Waals surface area contributed by atoms with E-state index in [0.717, 1.165) is 25.8 Å². The van der Waals surface area contributed by atoms with Crippen LogP contribution in [-0.4, -0.2) is 31.6 Å². The van der Waals surface area contributed by atoms with Crippen LogP contribution in [-0.2, 0) is 9.53 Å². The quantitative estimate of drug-likeness (QED) is 0.542. The molecule has 0 saturated carbocycles. The minimum atomic E-state index is -0.427. The summed E-state index contributed by atoms with van der Waals surface area (Å²) in [6.45, 7) is 5.25. The highest BCUT2D eigenvalue weighted by Crippen LogP contribution is 2.16. The first-order chi connectivity index (χ1) is 10.2. The smallest absolute Gasteiger partial charge is 0.340 e. The maximum Gasteiger partial charge on any atom is 0.340 e. The molecular formula is C16H24N2O3. The Balaban J connectivity index is 2.50. The molecule has 1 rings (SSSR count). The van der Waals surface area contributed by atoms with Gasteiger partial charge in [-0.15, -0.1) is 0 Å². The van der Waals surface area contributed by atoms with Crippen LogP contribution in [0.3, 0.4) is 0 Å². The highest BCUT2D eigenvalue weighted by atomic mass is 16.5. The van der Waals surface area contributed by atoms with E-state index in [4.69, 9.17) is 4.74 Å². The number of rotatable bonds is 9. The van der Waals surface area contributed by atoms with Crippen LogP contribution in [0.1, 0.15) is 43.5 Å². The molecule has 0 aliphatic carbocycles. The zero-order chi connectivity index (χ0) is 15.5. The summed E-state index contributed by atoms with van der Waals surface area (Å²) in [4.78, 5) is 23.6. The van der Waals surface area contributed by atoms with Gasteiger partial charge in [0.1, 0.15) is 0 Å². The standard InChI is InChI=1S/C16H24N2O3/c1-3-5-8-11-17-12-15(19)18-14-10-7-6-9-13(14)16(20)21-4-2/h6-7,9-10,17H,3-5,8,11-12H2,1-2H3,(H,18,19). The molecule has 5 nitrogen and oxygen atoms in total. The van der Waals surface area contributed by atoms with Gasteiger partial charge < -0.3 is 15.4 Å². The maximum atomic E-state index is 11.9. The van der Waals surface area contributed by atoms with Crippen LogP contribution in [0, 0.1) is 0 Å². The fourth-order valence-electron chi connectivity index (χ4n) is 1.88. The number of esters is 1. The number of carbonyl (C=O) groups is 2. The van der Waals surface area contributed by atoms with E-state index in [1.165, 1.54) is 0 Å². The molecule has 116 valence electrons. The lowest BCUT2D eigenvalue weighted by molar-refractivity contribution is -0.115. The Morgan fingerprint density at radius 3 is 2.62 bits per heavy atom. The average Bonchev–Trinajstić information content (AvgIpc) is 2.48. The van der Waals surface area contributed by atoms with Crippen LogP contribution in [0.5, 0.6) is 0 Å². The van der Waals surface area contributed by atoms with Crippen LogP contribution in [0.25, 0.3) is 0 Å². The predicted octanol–water partition coefficient (Wildman–Crippen LogP) is 2.58. The molecule has 0 unspecified atom stereocenters. The van der Waals surface area contributed by atoms with E-state index in [0.29, 0.717) is 17.9 Å². The number of hydrogen-bond acceptors (Lipinski definition) is 4. The topological polar surface area (TPSA) is 67.4 Å². The lowest BCUT2D eigenvalue weighted by Gasteiger charge is -2.10. The Hall–Kier alpha value is -1.88. The van der Waals surface area contributed by atoms with Crippen molar-refractivity contribution in [2.45, 2.75) is 33.1 Å². The van der Waals surface area contributed by atoms with Crippen molar-refractivity contribution in [2.24, 2.45) is 0 Å². The second-order valence-electron chi connectivity index (χ2n) is 4.70. The molecule has 1 aromatic rings. The van der Waals surface area contributed by atoms with Crippen molar-refractivity contribution in [2.75, 3.05) is 25.0 Å². The Kier molecular flexibility index (Phi) is 8.12. The fourth-order valence-corrected chi connectivity index (χ4v) is 1.88. The first kappa shape index (κ1) is 17.2. The number of benzene rings is 1. The number of unbranched alkanes of at least 4 members (excludes halogenated alkanes) is 2. The van der Waals surface area contributed by atoms with Crippen LogP contribution in [0.15, 0.2) is 24.3 Å². The molecule has 0 saturated heterocycles. The van der Waals surface area contributed by atoms with Gasteiger partial charge in [-0.25, -0.2) is 4.79 Å². The maximum absolute atomic E-state index is 11.9. The van der Waals surface area contributed by atoms with E-state index in [2.05, 4.69) is 17.6 Å². The monoisotopic (exact) mass is 292 g/mol. The van der Waals surface area contributed by atoms with Crippen LogP contribution < -0.4 is 10.6 Å². The van der Waals surface area contributed by atoms with Crippen LogP contribution >= 0.6 is 0 Å². The Morgan fingerprint density at radius 2 is 1.90 bits per heavy atom. The molecule has 21 heavy (non-hydrogen) atoms. The molecule has 0 aliphatic heterocycles. The molecule has 1 aromatic carbocycles. The van der Waals surface area contributed by atoms with E-state index in [-0.39, 0.29) is 12.5 Å². The second-order valence-corrected chi connectivity index (χ2v) is 4.70. The summed E-state index contributed by atoms with van der Waals surface area (Å²) in [5, 5.41) is 5.82. The summed E-state index contributed by atoms with van der Waals surface area (Å²) < 4.78 is 4.97. The molecule has 2 N–H and O–H groups in total. The zero-order valence-electron chi connectivity index (χ0n) is 12.8. The van der Waals surface area contributed by atoms with E-state index in [9.17, 15) is 9.59 Å². The van der Waals surface area contributed by atoms with Crippen LogP contribution in [0.2, 0.25) is 0 Å². The Labute approximate surface area is 126 Å². The summed E-state index contributed by atoms with van der Waals surface area (Å²) in [5.41, 5.74) is 0.856. The lowest BCUT2D eigenvalue weighted by Crippen LogP contribution is -2.29. The molecule has 0 heterocycles. The largest absolute Gasteiger partial charge is 0.462 e.